The van der Waals surface area contributed by atoms with Crippen molar-refractivity contribution in [3.05, 3.63) is 0 Å². The van der Waals surface area contributed by atoms with Gasteiger partial charge in [0.25, 0.3) is 0 Å². The van der Waals surface area contributed by atoms with Gasteiger partial charge in [-0.15, -0.1) is 0 Å². The molecule has 6 heteroatoms. The lowest BCUT2D eigenvalue weighted by atomic mass is 10.1. The van der Waals surface area contributed by atoms with E-state index < -0.39 is 13.4 Å². The molecule has 0 bridgehead atoms. The molecule has 0 aromatic rings. The van der Waals surface area contributed by atoms with Crippen LogP contribution < -0.4 is 5.73 Å². The third kappa shape index (κ3) is 10.8. The summed E-state index contributed by atoms with van der Waals surface area (Å²) in [6.45, 7) is 0.798. The molecule has 0 aliphatic carbocycles. The van der Waals surface area contributed by atoms with E-state index >= 15 is 0 Å². The predicted molar refractivity (Wildman–Crippen MR) is 84.7 cm³/mol. The molecule has 1 unspecified atom stereocenters. The van der Waals surface area contributed by atoms with Crippen LogP contribution in [-0.4, -0.2) is 41.1 Å². The molecular formula is C14H33N2O3P. The summed E-state index contributed by atoms with van der Waals surface area (Å²) in [6, 6.07) is 0. The first kappa shape index (κ1) is 20.1. The highest BCUT2D eigenvalue weighted by Gasteiger charge is 2.29. The Bertz CT molecular complexity index is 269. The Morgan fingerprint density at radius 1 is 0.900 bits per heavy atom. The summed E-state index contributed by atoms with van der Waals surface area (Å²) in [7, 11) is -0.539. The van der Waals surface area contributed by atoms with Gasteiger partial charge < -0.3 is 15.5 Å². The van der Waals surface area contributed by atoms with E-state index in [-0.39, 0.29) is 0 Å². The Labute approximate surface area is 124 Å². The molecule has 0 heterocycles. The van der Waals surface area contributed by atoms with E-state index in [1.54, 1.807) is 19.0 Å². The van der Waals surface area contributed by atoms with Crippen molar-refractivity contribution in [3.8, 4) is 0 Å². The fraction of sp³-hybridized carbons (Fsp3) is 1.00. The smallest absolute Gasteiger partial charge is 0.330 e. The molecule has 20 heavy (non-hydrogen) atoms. The van der Waals surface area contributed by atoms with Crippen LogP contribution in [0.1, 0.15) is 64.2 Å². The minimum atomic E-state index is -3.99. The largest absolute Gasteiger partial charge is 0.342 e. The molecular weight excluding hydrogens is 275 g/mol. The van der Waals surface area contributed by atoms with Crippen LogP contribution in [0.2, 0.25) is 0 Å². The molecule has 0 aromatic carbocycles. The number of nitrogens with zero attached hydrogens (tertiary/aromatic N) is 1. The number of unbranched alkanes of at least 4 members (excludes halogenated alkanes) is 8. The normalized spacial score (nSPS) is 13.9. The summed E-state index contributed by atoms with van der Waals surface area (Å²) in [4.78, 5) is 20.1. The van der Waals surface area contributed by atoms with Gasteiger partial charge in [0, 0.05) is 0 Å². The van der Waals surface area contributed by atoms with E-state index in [4.69, 9.17) is 5.73 Å². The highest BCUT2D eigenvalue weighted by molar-refractivity contribution is 7.52. The van der Waals surface area contributed by atoms with Crippen molar-refractivity contribution >= 4 is 7.60 Å². The minimum Gasteiger partial charge on any atom is -0.330 e. The second-order valence-corrected chi connectivity index (χ2v) is 7.57. The summed E-state index contributed by atoms with van der Waals surface area (Å²) in [5.41, 5.74) is 5.44. The molecule has 1 atom stereocenters. The molecule has 0 fully saturated rings. The molecule has 4 N–H and O–H groups in total. The standard InChI is InChI=1S/C14H33N2O3P/c1-16(2)14(20(17,18)19)12-10-8-6-4-3-5-7-9-11-13-15/h14H,3-13,15H2,1-2H3,(H2,17,18,19). The van der Waals surface area contributed by atoms with E-state index in [1.165, 1.54) is 32.1 Å². The second kappa shape index (κ2) is 11.7. The van der Waals surface area contributed by atoms with Crippen molar-refractivity contribution < 1.29 is 14.4 Å². The first-order chi connectivity index (χ1) is 9.39. The van der Waals surface area contributed by atoms with E-state index in [0.717, 1.165) is 32.2 Å². The van der Waals surface area contributed by atoms with Crippen molar-refractivity contribution in [2.45, 2.75) is 70.0 Å². The van der Waals surface area contributed by atoms with Crippen LogP contribution in [0.15, 0.2) is 0 Å². The van der Waals surface area contributed by atoms with Crippen LogP contribution in [0.3, 0.4) is 0 Å². The van der Waals surface area contributed by atoms with Gasteiger partial charge >= 0.3 is 7.60 Å². The van der Waals surface area contributed by atoms with Gasteiger partial charge in [-0.3, -0.25) is 9.46 Å². The fourth-order valence-electron chi connectivity index (χ4n) is 2.44. The summed E-state index contributed by atoms with van der Waals surface area (Å²) in [5, 5.41) is 0. The number of hydrogen-bond acceptors (Lipinski definition) is 3. The lowest BCUT2D eigenvalue weighted by molar-refractivity contribution is 0.270. The lowest BCUT2D eigenvalue weighted by Gasteiger charge is -2.24. The summed E-state index contributed by atoms with van der Waals surface area (Å²) < 4.78 is 11.3. The average molecular weight is 308 g/mol. The Hall–Kier alpha value is 0.0700. The van der Waals surface area contributed by atoms with Gasteiger partial charge in [-0.1, -0.05) is 51.4 Å². The molecule has 0 radical (unpaired) electrons. The third-order valence-corrected chi connectivity index (χ3v) is 5.15. The lowest BCUT2D eigenvalue weighted by Crippen LogP contribution is -2.27. The maximum absolute atomic E-state index is 11.3. The van der Waals surface area contributed by atoms with E-state index in [1.807, 2.05) is 0 Å². The van der Waals surface area contributed by atoms with Gasteiger partial charge in [0.05, 0.1) is 0 Å². The van der Waals surface area contributed by atoms with E-state index in [2.05, 4.69) is 0 Å². The molecule has 0 amide bonds. The number of nitrogens with two attached hydrogens (primary N) is 1. The van der Waals surface area contributed by atoms with Crippen molar-refractivity contribution in [1.29, 1.82) is 0 Å². The zero-order chi connectivity index (χ0) is 15.4. The SMILES string of the molecule is CN(C)C(CCCCCCCCCCCN)P(=O)(O)O. The van der Waals surface area contributed by atoms with Crippen LogP contribution in [0.4, 0.5) is 0 Å². The van der Waals surface area contributed by atoms with Crippen LogP contribution in [-0.2, 0) is 4.57 Å². The van der Waals surface area contributed by atoms with Gasteiger partial charge in [0.1, 0.15) is 5.78 Å². The maximum atomic E-state index is 11.3. The minimum absolute atomic E-state index is 0.577. The zero-order valence-corrected chi connectivity index (χ0v) is 14.0. The van der Waals surface area contributed by atoms with E-state index in [0.29, 0.717) is 6.42 Å². The van der Waals surface area contributed by atoms with Gasteiger partial charge in [-0.2, -0.15) is 0 Å². The Balaban J connectivity index is 3.49. The Morgan fingerprint density at radius 2 is 1.30 bits per heavy atom. The molecule has 0 spiro atoms. The van der Waals surface area contributed by atoms with Gasteiger partial charge in [-0.05, 0) is 33.5 Å². The first-order valence-corrected chi connectivity index (χ1v) is 9.49. The van der Waals surface area contributed by atoms with Crippen molar-refractivity contribution in [2.75, 3.05) is 20.6 Å². The number of hydrogen-bond donors (Lipinski definition) is 3. The van der Waals surface area contributed by atoms with E-state index in [9.17, 15) is 14.4 Å². The Kier molecular flexibility index (Phi) is 11.7. The van der Waals surface area contributed by atoms with Gasteiger partial charge in [0.15, 0.2) is 0 Å². The highest BCUT2D eigenvalue weighted by Crippen LogP contribution is 2.44. The molecule has 0 aromatic heterocycles. The van der Waals surface area contributed by atoms with Crippen LogP contribution in [0.25, 0.3) is 0 Å². The van der Waals surface area contributed by atoms with Gasteiger partial charge in [0.2, 0.25) is 0 Å². The molecule has 0 rings (SSSR count). The average Bonchev–Trinajstić information content (AvgIpc) is 2.34. The van der Waals surface area contributed by atoms with Crippen LogP contribution >= 0.6 is 7.60 Å². The van der Waals surface area contributed by atoms with Crippen LogP contribution in [0, 0.1) is 0 Å². The molecule has 122 valence electrons. The van der Waals surface area contributed by atoms with Crippen LogP contribution in [0.5, 0.6) is 0 Å². The molecule has 0 aliphatic rings. The molecule has 0 saturated heterocycles. The second-order valence-electron chi connectivity index (χ2n) is 5.79. The first-order valence-electron chi connectivity index (χ1n) is 7.81. The molecule has 0 aliphatic heterocycles. The summed E-state index contributed by atoms with van der Waals surface area (Å²) in [6.07, 6.45) is 11.1. The van der Waals surface area contributed by atoms with Gasteiger partial charge in [-0.25, -0.2) is 0 Å². The van der Waals surface area contributed by atoms with Crippen molar-refractivity contribution in [2.24, 2.45) is 5.73 Å². The maximum Gasteiger partial charge on any atom is 0.342 e. The summed E-state index contributed by atoms with van der Waals surface area (Å²) in [5.74, 6) is -0.626. The third-order valence-electron chi connectivity index (χ3n) is 3.65. The highest BCUT2D eigenvalue weighted by atomic mass is 31.2. The van der Waals surface area contributed by atoms with Crippen molar-refractivity contribution in [1.82, 2.24) is 4.90 Å². The molecule has 5 nitrogen and oxygen atoms in total. The predicted octanol–water partition coefficient (Wildman–Crippen LogP) is 2.91. The quantitative estimate of drug-likeness (QED) is 0.360. The monoisotopic (exact) mass is 308 g/mol. The summed E-state index contributed by atoms with van der Waals surface area (Å²) >= 11 is 0. The zero-order valence-electron chi connectivity index (χ0n) is 13.1. The Morgan fingerprint density at radius 3 is 1.65 bits per heavy atom. The molecule has 0 saturated carbocycles. The topological polar surface area (TPSA) is 86.8 Å². The van der Waals surface area contributed by atoms with Crippen molar-refractivity contribution in [3.63, 3.8) is 0 Å². The fourth-order valence-corrected chi connectivity index (χ4v) is 3.56. The number of rotatable bonds is 13.